The third-order valence-corrected chi connectivity index (χ3v) is 9.23. The molecule has 0 aromatic heterocycles. The van der Waals surface area contributed by atoms with Gasteiger partial charge < -0.3 is 30.0 Å². The van der Waals surface area contributed by atoms with Crippen molar-refractivity contribution in [3.63, 3.8) is 0 Å². The predicted molar refractivity (Wildman–Crippen MR) is 205 cm³/mol. The molecule has 0 aliphatic carbocycles. The molecule has 2 N–H and O–H groups in total. The summed E-state index contributed by atoms with van der Waals surface area (Å²) in [6, 6.07) is 0. The summed E-state index contributed by atoms with van der Waals surface area (Å²) in [7, 11) is 0. The molecular weight excluding hydrogens is 625 g/mol. The van der Waals surface area contributed by atoms with Gasteiger partial charge in [-0.05, 0) is 78.1 Å². The molecule has 0 amide bonds. The van der Waals surface area contributed by atoms with Crippen LogP contribution in [0.4, 0.5) is 0 Å². The Kier molecular flexibility index (Phi) is 41.1. The van der Waals surface area contributed by atoms with Crippen LogP contribution in [0.15, 0.2) is 24.3 Å². The van der Waals surface area contributed by atoms with Crippen LogP contribution in [0.1, 0.15) is 220 Å². The van der Waals surface area contributed by atoms with Gasteiger partial charge in [-0.1, -0.05) is 167 Å². The molecule has 49 heavy (non-hydrogen) atoms. The average molecular weight is 703 g/mol. The molecule has 0 saturated carbocycles. The summed E-state index contributed by atoms with van der Waals surface area (Å²) in [6.45, 7) is 7.15. The quantitative estimate of drug-likeness (QED) is 0.0392. The zero-order valence-corrected chi connectivity index (χ0v) is 34.2. The molecule has 0 fully saturated rings. The number of carboxylic acid groups (broad SMARTS) is 2. The van der Waals surface area contributed by atoms with E-state index in [0.29, 0.717) is 0 Å². The summed E-state index contributed by atoms with van der Waals surface area (Å²) < 4.78 is 0. The van der Waals surface area contributed by atoms with E-state index in [-0.39, 0.29) is 35.9 Å². The zero-order valence-electron chi connectivity index (χ0n) is 32.8. The predicted octanol–water partition coefficient (Wildman–Crippen LogP) is 9.45. The average Bonchev–Trinajstić information content (AvgIpc) is 3.04. The first-order chi connectivity index (χ1) is 23.0. The number of rotatable bonds is 34. The van der Waals surface area contributed by atoms with Crippen molar-refractivity contribution in [1.29, 1.82) is 0 Å². The molecule has 0 heterocycles. The standard InChI is InChI=1S/2C21H40O3.Mg/c2*1-3-4-5-6-7-8-9-10-11-12-13-14-15-16-17-18-19-21(2,24)20(22)23;/h2*10-11,24H,3-9,12-19H2,1-2H3,(H,22,23);/q;;+2/p-2/b2*11-10-;. The van der Waals surface area contributed by atoms with Crippen LogP contribution in [-0.4, -0.2) is 56.4 Å². The summed E-state index contributed by atoms with van der Waals surface area (Å²) in [4.78, 5) is 21.3. The molecule has 0 spiro atoms. The number of carboxylic acids is 2. The minimum atomic E-state index is -1.67. The molecule has 284 valence electrons. The summed E-state index contributed by atoms with van der Waals surface area (Å²) in [5, 5.41) is 40.4. The second-order valence-electron chi connectivity index (χ2n) is 14.5. The topological polar surface area (TPSA) is 121 Å². The van der Waals surface area contributed by atoms with Gasteiger partial charge in [-0.2, -0.15) is 0 Å². The molecule has 0 saturated heterocycles. The van der Waals surface area contributed by atoms with Crippen LogP contribution in [0.3, 0.4) is 0 Å². The van der Waals surface area contributed by atoms with Gasteiger partial charge in [0.15, 0.2) is 0 Å². The van der Waals surface area contributed by atoms with Gasteiger partial charge >= 0.3 is 23.1 Å². The van der Waals surface area contributed by atoms with Crippen LogP contribution in [0.5, 0.6) is 0 Å². The van der Waals surface area contributed by atoms with E-state index in [1.807, 2.05) is 0 Å². The Balaban J connectivity index is -0.000000846. The van der Waals surface area contributed by atoms with Gasteiger partial charge in [-0.25, -0.2) is 0 Å². The molecule has 0 rings (SSSR count). The number of hydrogen-bond donors (Lipinski definition) is 2. The van der Waals surface area contributed by atoms with Gasteiger partial charge in [0, 0.05) is 0 Å². The molecule has 2 unspecified atom stereocenters. The second-order valence-corrected chi connectivity index (χ2v) is 14.5. The van der Waals surface area contributed by atoms with Gasteiger partial charge in [-0.3, -0.25) is 0 Å². The van der Waals surface area contributed by atoms with Crippen LogP contribution >= 0.6 is 0 Å². The van der Waals surface area contributed by atoms with Gasteiger partial charge in [0.25, 0.3) is 0 Å². The SMILES string of the molecule is CCCCCCCC/C=C\CCCCCCCCC(C)(O)C(=O)[O-].CCCCCCCC/C=C\CCCCCCCCC(C)(O)C(=O)[O-].[Mg+2]. The normalized spacial score (nSPS) is 13.8. The molecule has 0 aliphatic rings. The smallest absolute Gasteiger partial charge is 0.547 e. The molecule has 0 aromatic rings. The van der Waals surface area contributed by atoms with Crippen molar-refractivity contribution < 1.29 is 30.0 Å². The van der Waals surface area contributed by atoms with E-state index in [0.717, 1.165) is 38.5 Å². The van der Waals surface area contributed by atoms with Crippen molar-refractivity contribution in [3.8, 4) is 0 Å². The first-order valence-electron chi connectivity index (χ1n) is 20.2. The maximum atomic E-state index is 10.6. The van der Waals surface area contributed by atoms with E-state index in [4.69, 9.17) is 0 Å². The van der Waals surface area contributed by atoms with E-state index in [1.165, 1.54) is 155 Å². The van der Waals surface area contributed by atoms with Crippen molar-refractivity contribution in [2.45, 2.75) is 232 Å². The number of carbonyl (C=O) groups is 2. The Hall–Kier alpha value is -0.894. The van der Waals surface area contributed by atoms with Crippen LogP contribution < -0.4 is 10.2 Å². The summed E-state index contributed by atoms with van der Waals surface area (Å²) in [5.41, 5.74) is -3.33. The number of allylic oxidation sites excluding steroid dienone is 4. The fraction of sp³-hybridized carbons (Fsp3) is 0.857. The summed E-state index contributed by atoms with van der Waals surface area (Å²) in [5.74, 6) is -2.73. The van der Waals surface area contributed by atoms with Crippen molar-refractivity contribution in [2.24, 2.45) is 0 Å². The molecule has 0 bridgehead atoms. The second kappa shape index (κ2) is 38.3. The molecule has 2 atom stereocenters. The number of aliphatic hydroxyl groups is 2. The Labute approximate surface area is 319 Å². The number of aliphatic carboxylic acids is 2. The summed E-state index contributed by atoms with van der Waals surface area (Å²) in [6.07, 6.45) is 44.1. The monoisotopic (exact) mass is 703 g/mol. The van der Waals surface area contributed by atoms with Gasteiger partial charge in [0.2, 0.25) is 0 Å². The van der Waals surface area contributed by atoms with Crippen LogP contribution in [0.25, 0.3) is 0 Å². The first-order valence-corrected chi connectivity index (χ1v) is 20.2. The zero-order chi connectivity index (χ0) is 36.2. The first kappa shape index (κ1) is 52.5. The van der Waals surface area contributed by atoms with Crippen LogP contribution in [0.2, 0.25) is 0 Å². The Morgan fingerprint density at radius 2 is 0.633 bits per heavy atom. The molecule has 0 radical (unpaired) electrons. The number of unbranched alkanes of at least 4 members (excludes halogenated alkanes) is 24. The van der Waals surface area contributed by atoms with E-state index >= 15 is 0 Å². The molecule has 0 aliphatic heterocycles. The van der Waals surface area contributed by atoms with E-state index in [2.05, 4.69) is 38.2 Å². The maximum Gasteiger partial charge on any atom is 2.00 e. The van der Waals surface area contributed by atoms with Gasteiger partial charge in [0.1, 0.15) is 11.2 Å². The molecule has 6 nitrogen and oxygen atoms in total. The van der Waals surface area contributed by atoms with Gasteiger partial charge in [-0.15, -0.1) is 0 Å². The minimum absolute atomic E-state index is 0. The van der Waals surface area contributed by atoms with Crippen molar-refractivity contribution in [3.05, 3.63) is 24.3 Å². The third kappa shape index (κ3) is 39.7. The fourth-order valence-corrected chi connectivity index (χ4v) is 5.64. The Morgan fingerprint density at radius 1 is 0.429 bits per heavy atom. The van der Waals surface area contributed by atoms with Crippen molar-refractivity contribution >= 4 is 35.0 Å². The van der Waals surface area contributed by atoms with Crippen molar-refractivity contribution in [1.82, 2.24) is 0 Å². The molecule has 0 aromatic carbocycles. The fourth-order valence-electron chi connectivity index (χ4n) is 5.64. The van der Waals surface area contributed by atoms with E-state index in [9.17, 15) is 30.0 Å². The van der Waals surface area contributed by atoms with E-state index in [1.54, 1.807) is 0 Å². The van der Waals surface area contributed by atoms with Crippen LogP contribution in [-0.2, 0) is 9.59 Å². The maximum absolute atomic E-state index is 10.6. The Morgan fingerprint density at radius 3 is 0.857 bits per heavy atom. The van der Waals surface area contributed by atoms with Crippen molar-refractivity contribution in [2.75, 3.05) is 0 Å². The van der Waals surface area contributed by atoms with Crippen LogP contribution in [0, 0.1) is 0 Å². The van der Waals surface area contributed by atoms with E-state index < -0.39 is 23.1 Å². The Bertz CT molecular complexity index is 713. The molecule has 7 heteroatoms. The van der Waals surface area contributed by atoms with Gasteiger partial charge in [0.05, 0.1) is 11.9 Å². The third-order valence-electron chi connectivity index (χ3n) is 9.23. The number of hydrogen-bond acceptors (Lipinski definition) is 6. The molecular formula is C42H78MgO6. The minimum Gasteiger partial charge on any atom is -0.547 e. The largest absolute Gasteiger partial charge is 2.00 e. The summed E-state index contributed by atoms with van der Waals surface area (Å²) >= 11 is 0. The number of carbonyl (C=O) groups excluding carboxylic acids is 2.